The standard InChI is InChI=1S/C34H37N2/c1-22(2)29-20-27(26-14-9-8-10-15-26)21-30(23(3)4)33(29)36-32-19-24(5)17-18-31(32)35(7)34(36)28-16-12-11-13-25(28)6/h8-23H,1-7H3/q+1. The molecule has 0 unspecified atom stereocenters. The van der Waals surface area contributed by atoms with E-state index in [4.69, 9.17) is 0 Å². The van der Waals surface area contributed by atoms with Gasteiger partial charge < -0.3 is 0 Å². The average Bonchev–Trinajstić information content (AvgIpc) is 3.14. The molecule has 5 aromatic rings. The summed E-state index contributed by atoms with van der Waals surface area (Å²) in [6.45, 7) is 13.7. The minimum atomic E-state index is 0.374. The highest BCUT2D eigenvalue weighted by Gasteiger charge is 2.31. The zero-order valence-corrected chi connectivity index (χ0v) is 22.6. The number of hydrogen-bond acceptors (Lipinski definition) is 0. The summed E-state index contributed by atoms with van der Waals surface area (Å²) in [6, 6.07) is 31.2. The molecule has 0 aliphatic carbocycles. The van der Waals surface area contributed by atoms with Crippen molar-refractivity contribution in [1.29, 1.82) is 0 Å². The summed E-state index contributed by atoms with van der Waals surface area (Å²) in [4.78, 5) is 0. The normalized spacial score (nSPS) is 11.7. The van der Waals surface area contributed by atoms with Gasteiger partial charge in [-0.2, -0.15) is 4.57 Å². The summed E-state index contributed by atoms with van der Waals surface area (Å²) in [5.74, 6) is 1.97. The molecule has 4 aromatic carbocycles. The van der Waals surface area contributed by atoms with Crippen molar-refractivity contribution in [2.24, 2.45) is 7.05 Å². The second-order valence-electron chi connectivity index (χ2n) is 10.7. The fraction of sp³-hybridized carbons (Fsp3) is 0.265. The van der Waals surface area contributed by atoms with Gasteiger partial charge in [0.2, 0.25) is 0 Å². The molecule has 1 aromatic heterocycles. The van der Waals surface area contributed by atoms with Gasteiger partial charge in [-0.1, -0.05) is 82.3 Å². The van der Waals surface area contributed by atoms with Gasteiger partial charge in [0.25, 0.3) is 5.82 Å². The van der Waals surface area contributed by atoms with Crippen LogP contribution in [0, 0.1) is 13.8 Å². The molecule has 0 N–H and O–H groups in total. The van der Waals surface area contributed by atoms with E-state index in [-0.39, 0.29) is 0 Å². The first kappa shape index (κ1) is 24.1. The lowest BCUT2D eigenvalue weighted by Crippen LogP contribution is -2.30. The number of nitrogens with zero attached hydrogens (tertiary/aromatic N) is 2. The van der Waals surface area contributed by atoms with Gasteiger partial charge in [-0.15, -0.1) is 0 Å². The molecule has 0 radical (unpaired) electrons. The van der Waals surface area contributed by atoms with E-state index in [1.807, 2.05) is 0 Å². The summed E-state index contributed by atoms with van der Waals surface area (Å²) < 4.78 is 4.92. The molecule has 0 aliphatic heterocycles. The maximum absolute atomic E-state index is 2.55. The molecule has 0 spiro atoms. The molecule has 5 rings (SSSR count). The van der Waals surface area contributed by atoms with Gasteiger partial charge in [0.05, 0.1) is 12.6 Å². The van der Waals surface area contributed by atoms with Gasteiger partial charge in [-0.3, -0.25) is 0 Å². The summed E-state index contributed by atoms with van der Waals surface area (Å²) >= 11 is 0. The van der Waals surface area contributed by atoms with Gasteiger partial charge >= 0.3 is 0 Å². The smallest absolute Gasteiger partial charge is 0.225 e. The van der Waals surface area contributed by atoms with Crippen LogP contribution in [0.5, 0.6) is 0 Å². The predicted molar refractivity (Wildman–Crippen MR) is 153 cm³/mol. The lowest BCUT2D eigenvalue weighted by molar-refractivity contribution is -0.633. The average molecular weight is 474 g/mol. The molecule has 2 nitrogen and oxygen atoms in total. The first-order valence-electron chi connectivity index (χ1n) is 13.1. The molecule has 0 fully saturated rings. The number of aromatic nitrogens is 2. The Morgan fingerprint density at radius 1 is 0.667 bits per heavy atom. The number of benzene rings is 4. The van der Waals surface area contributed by atoms with E-state index in [0.29, 0.717) is 11.8 Å². The molecule has 0 saturated carbocycles. The van der Waals surface area contributed by atoms with Crippen molar-refractivity contribution in [2.75, 3.05) is 0 Å². The van der Waals surface area contributed by atoms with Crippen LogP contribution in [0.25, 0.3) is 39.2 Å². The van der Waals surface area contributed by atoms with E-state index in [9.17, 15) is 0 Å². The van der Waals surface area contributed by atoms with Crippen LogP contribution in [0.4, 0.5) is 0 Å². The van der Waals surface area contributed by atoms with Crippen LogP contribution in [-0.2, 0) is 7.05 Å². The Kier molecular flexibility index (Phi) is 6.30. The maximum atomic E-state index is 2.55. The molecule has 2 heteroatoms. The SMILES string of the molecule is Cc1ccc2c(c1)n(-c1c(C(C)C)cc(-c3ccccc3)cc1C(C)C)c(-c1ccccc1C)[n+]2C. The Morgan fingerprint density at radius 3 is 1.89 bits per heavy atom. The van der Waals surface area contributed by atoms with Gasteiger partial charge in [0, 0.05) is 11.1 Å². The Hall–Kier alpha value is -3.65. The molecule has 0 bridgehead atoms. The van der Waals surface area contributed by atoms with Crippen LogP contribution in [0.1, 0.15) is 61.8 Å². The third-order valence-electron chi connectivity index (χ3n) is 7.39. The van der Waals surface area contributed by atoms with Crippen LogP contribution in [0.2, 0.25) is 0 Å². The van der Waals surface area contributed by atoms with E-state index >= 15 is 0 Å². The van der Waals surface area contributed by atoms with Gasteiger partial charge in [-0.25, -0.2) is 4.57 Å². The molecule has 0 aliphatic rings. The van der Waals surface area contributed by atoms with Gasteiger partial charge in [0.1, 0.15) is 5.69 Å². The van der Waals surface area contributed by atoms with Crippen LogP contribution < -0.4 is 4.57 Å². The minimum absolute atomic E-state index is 0.374. The Balaban J connectivity index is 1.96. The van der Waals surface area contributed by atoms with E-state index in [0.717, 1.165) is 0 Å². The third kappa shape index (κ3) is 4.05. The van der Waals surface area contributed by atoms with Crippen molar-refractivity contribution in [3.8, 4) is 28.2 Å². The first-order valence-corrected chi connectivity index (χ1v) is 13.1. The van der Waals surface area contributed by atoms with Crippen LogP contribution in [0.15, 0.2) is 84.9 Å². The molecule has 36 heavy (non-hydrogen) atoms. The second kappa shape index (κ2) is 9.43. The van der Waals surface area contributed by atoms with Crippen molar-refractivity contribution >= 4 is 11.0 Å². The van der Waals surface area contributed by atoms with Crippen molar-refractivity contribution in [3.63, 3.8) is 0 Å². The largest absolute Gasteiger partial charge is 0.295 e. The minimum Gasteiger partial charge on any atom is -0.225 e. The molecular weight excluding hydrogens is 436 g/mol. The maximum Gasteiger partial charge on any atom is 0.295 e. The molecule has 1 heterocycles. The van der Waals surface area contributed by atoms with E-state index in [1.54, 1.807) is 0 Å². The number of fused-ring (bicyclic) bond motifs is 1. The molecule has 0 amide bonds. The summed E-state index contributed by atoms with van der Waals surface area (Å²) in [5.41, 5.74) is 13.0. The third-order valence-corrected chi connectivity index (χ3v) is 7.39. The summed E-state index contributed by atoms with van der Waals surface area (Å²) in [7, 11) is 2.21. The molecular formula is C34H37N2+. The van der Waals surface area contributed by atoms with Crippen molar-refractivity contribution in [2.45, 2.75) is 53.4 Å². The van der Waals surface area contributed by atoms with Gasteiger partial charge in [-0.05, 0) is 78.3 Å². The zero-order valence-electron chi connectivity index (χ0n) is 22.6. The summed E-state index contributed by atoms with van der Waals surface area (Å²) in [6.07, 6.45) is 0. The number of aryl methyl sites for hydroxylation is 3. The molecule has 182 valence electrons. The van der Waals surface area contributed by atoms with E-state index in [2.05, 4.69) is 143 Å². The van der Waals surface area contributed by atoms with Crippen molar-refractivity contribution in [1.82, 2.24) is 4.57 Å². The lowest BCUT2D eigenvalue weighted by Gasteiger charge is -2.21. The van der Waals surface area contributed by atoms with Crippen molar-refractivity contribution in [3.05, 3.63) is 107 Å². The van der Waals surface area contributed by atoms with Crippen LogP contribution in [0.3, 0.4) is 0 Å². The number of imidazole rings is 1. The number of rotatable bonds is 5. The predicted octanol–water partition coefficient (Wildman–Crippen LogP) is 8.65. The number of hydrogen-bond donors (Lipinski definition) is 0. The first-order chi connectivity index (χ1) is 17.3. The second-order valence-corrected chi connectivity index (χ2v) is 10.7. The van der Waals surface area contributed by atoms with Crippen LogP contribution >= 0.6 is 0 Å². The highest BCUT2D eigenvalue weighted by atomic mass is 15.2. The Labute approximate surface area is 215 Å². The monoisotopic (exact) mass is 473 g/mol. The Morgan fingerprint density at radius 2 is 1.28 bits per heavy atom. The van der Waals surface area contributed by atoms with Gasteiger partial charge in [0.15, 0.2) is 11.0 Å². The van der Waals surface area contributed by atoms with Crippen molar-refractivity contribution < 1.29 is 4.57 Å². The quantitative estimate of drug-likeness (QED) is 0.226. The zero-order chi connectivity index (χ0) is 25.6. The fourth-order valence-electron chi connectivity index (χ4n) is 5.44. The fourth-order valence-corrected chi connectivity index (χ4v) is 5.44. The van der Waals surface area contributed by atoms with E-state index < -0.39 is 0 Å². The lowest BCUT2D eigenvalue weighted by atomic mass is 9.88. The topological polar surface area (TPSA) is 8.81 Å². The highest BCUT2D eigenvalue weighted by molar-refractivity contribution is 5.82. The Bertz CT molecular complexity index is 1520. The molecule has 0 atom stereocenters. The molecule has 0 saturated heterocycles. The summed E-state index contributed by atoms with van der Waals surface area (Å²) in [5, 5.41) is 0. The van der Waals surface area contributed by atoms with Crippen LogP contribution in [-0.4, -0.2) is 4.57 Å². The van der Waals surface area contributed by atoms with E-state index in [1.165, 1.54) is 61.5 Å². The highest BCUT2D eigenvalue weighted by Crippen LogP contribution is 2.40.